The molecule has 1 fully saturated rings. The molecule has 4 heteroatoms. The summed E-state index contributed by atoms with van der Waals surface area (Å²) in [6.45, 7) is 2.82. The predicted molar refractivity (Wildman–Crippen MR) is 89.4 cm³/mol. The molecular weight excluding hydrogens is 286 g/mol. The zero-order valence-corrected chi connectivity index (χ0v) is 13.1. The van der Waals surface area contributed by atoms with Crippen molar-refractivity contribution in [3.8, 4) is 0 Å². The van der Waals surface area contributed by atoms with Crippen molar-refractivity contribution in [2.45, 2.75) is 25.8 Å². The van der Waals surface area contributed by atoms with Gasteiger partial charge in [-0.25, -0.2) is 4.98 Å². The summed E-state index contributed by atoms with van der Waals surface area (Å²) in [5.74, 6) is 0.0273. The minimum atomic E-state index is 0.0273. The second-order valence-electron chi connectivity index (χ2n) is 6.09. The summed E-state index contributed by atoms with van der Waals surface area (Å²) in [4.78, 5) is 19.4. The molecule has 0 spiro atoms. The van der Waals surface area contributed by atoms with Gasteiger partial charge >= 0.3 is 0 Å². The normalized spacial score (nSPS) is 17.8. The molecule has 0 N–H and O–H groups in total. The first-order valence-corrected chi connectivity index (χ1v) is 8.05. The lowest BCUT2D eigenvalue weighted by molar-refractivity contribution is 0.0730. The lowest BCUT2D eigenvalue weighted by atomic mass is 10.0. The van der Waals surface area contributed by atoms with Crippen molar-refractivity contribution < 1.29 is 4.79 Å². The highest BCUT2D eigenvalue weighted by atomic mass is 16.2. The molecule has 0 saturated carbocycles. The van der Waals surface area contributed by atoms with Crippen LogP contribution in [-0.2, 0) is 0 Å². The third-order valence-corrected chi connectivity index (χ3v) is 4.61. The summed E-state index contributed by atoms with van der Waals surface area (Å²) in [7, 11) is 0. The third kappa shape index (κ3) is 2.40. The predicted octanol–water partition coefficient (Wildman–Crippen LogP) is 3.62. The molecule has 0 bridgehead atoms. The second-order valence-corrected chi connectivity index (χ2v) is 6.09. The van der Waals surface area contributed by atoms with E-state index in [4.69, 9.17) is 0 Å². The van der Waals surface area contributed by atoms with Crippen LogP contribution >= 0.6 is 0 Å². The van der Waals surface area contributed by atoms with Crippen LogP contribution in [0.1, 0.15) is 40.6 Å². The highest BCUT2D eigenvalue weighted by Crippen LogP contribution is 2.32. The minimum absolute atomic E-state index is 0.0273. The largest absolute Gasteiger partial charge is 0.330 e. The first kappa shape index (κ1) is 14.0. The van der Waals surface area contributed by atoms with E-state index in [0.717, 1.165) is 30.7 Å². The summed E-state index contributed by atoms with van der Waals surface area (Å²) >= 11 is 0. The van der Waals surface area contributed by atoms with E-state index in [1.165, 1.54) is 5.56 Å². The smallest absolute Gasteiger partial charge is 0.274 e. The number of amides is 1. The van der Waals surface area contributed by atoms with Crippen LogP contribution in [0.3, 0.4) is 0 Å². The molecule has 1 unspecified atom stereocenters. The van der Waals surface area contributed by atoms with E-state index in [1.54, 1.807) is 0 Å². The molecule has 3 aromatic rings. The topological polar surface area (TPSA) is 37.6 Å². The molecular formula is C19H19N3O. The zero-order valence-electron chi connectivity index (χ0n) is 13.1. The average molecular weight is 305 g/mol. The number of carbonyl (C=O) groups excluding carboxylic acids is 1. The number of hydrogen-bond acceptors (Lipinski definition) is 2. The van der Waals surface area contributed by atoms with Crippen LogP contribution in [0.25, 0.3) is 5.65 Å². The number of aryl methyl sites for hydroxylation is 1. The number of fused-ring (bicyclic) bond motifs is 1. The van der Waals surface area contributed by atoms with Crippen molar-refractivity contribution in [3.63, 3.8) is 0 Å². The van der Waals surface area contributed by atoms with Crippen molar-refractivity contribution in [2.24, 2.45) is 0 Å². The van der Waals surface area contributed by atoms with Gasteiger partial charge in [-0.2, -0.15) is 0 Å². The van der Waals surface area contributed by atoms with Crippen LogP contribution in [0, 0.1) is 6.92 Å². The number of hydrogen-bond donors (Lipinski definition) is 0. The van der Waals surface area contributed by atoms with Crippen LogP contribution in [0.4, 0.5) is 0 Å². The van der Waals surface area contributed by atoms with Crippen molar-refractivity contribution in [1.82, 2.24) is 14.3 Å². The van der Waals surface area contributed by atoms with Gasteiger partial charge in [0.2, 0.25) is 0 Å². The summed E-state index contributed by atoms with van der Waals surface area (Å²) in [6, 6.07) is 16.4. The third-order valence-electron chi connectivity index (χ3n) is 4.61. The Morgan fingerprint density at radius 3 is 2.74 bits per heavy atom. The van der Waals surface area contributed by atoms with E-state index in [2.05, 4.69) is 17.1 Å². The van der Waals surface area contributed by atoms with Crippen molar-refractivity contribution >= 4 is 11.6 Å². The molecule has 1 amide bonds. The summed E-state index contributed by atoms with van der Waals surface area (Å²) < 4.78 is 1.97. The molecule has 23 heavy (non-hydrogen) atoms. The van der Waals surface area contributed by atoms with Gasteiger partial charge in [0.05, 0.1) is 6.04 Å². The number of nitrogens with zero attached hydrogens (tertiary/aromatic N) is 3. The molecule has 1 atom stereocenters. The Hall–Kier alpha value is -2.62. The zero-order chi connectivity index (χ0) is 15.8. The molecule has 0 aliphatic carbocycles. The van der Waals surface area contributed by atoms with Gasteiger partial charge in [-0.15, -0.1) is 0 Å². The standard InChI is InChI=1S/C19H19N3O/c1-14-7-5-11-18-20-16(13-22(14)18)19(23)21-12-6-10-17(21)15-8-3-2-4-9-15/h2-5,7-9,11,13,17H,6,10,12H2,1H3. The van der Waals surface area contributed by atoms with Crippen LogP contribution < -0.4 is 0 Å². The molecule has 2 aromatic heterocycles. The first-order valence-electron chi connectivity index (χ1n) is 8.05. The van der Waals surface area contributed by atoms with E-state index in [0.29, 0.717) is 5.69 Å². The van der Waals surface area contributed by atoms with Gasteiger partial charge in [0.25, 0.3) is 5.91 Å². The van der Waals surface area contributed by atoms with Crippen molar-refractivity contribution in [2.75, 3.05) is 6.54 Å². The molecule has 4 rings (SSSR count). The number of benzene rings is 1. The average Bonchev–Trinajstić information content (AvgIpc) is 3.23. The minimum Gasteiger partial charge on any atom is -0.330 e. The van der Waals surface area contributed by atoms with E-state index in [1.807, 2.05) is 58.8 Å². The van der Waals surface area contributed by atoms with E-state index in [9.17, 15) is 4.79 Å². The first-order chi connectivity index (χ1) is 11.2. The van der Waals surface area contributed by atoms with Crippen LogP contribution in [0.5, 0.6) is 0 Å². The molecule has 4 nitrogen and oxygen atoms in total. The molecule has 1 aliphatic rings. The summed E-state index contributed by atoms with van der Waals surface area (Å²) in [6.07, 6.45) is 3.91. The number of imidazole rings is 1. The molecule has 1 aromatic carbocycles. The Balaban J connectivity index is 1.68. The molecule has 116 valence electrons. The van der Waals surface area contributed by atoms with Gasteiger partial charge in [-0.1, -0.05) is 36.4 Å². The van der Waals surface area contributed by atoms with Gasteiger partial charge in [0.15, 0.2) is 0 Å². The molecule has 3 heterocycles. The fourth-order valence-electron chi connectivity index (χ4n) is 3.43. The number of rotatable bonds is 2. The summed E-state index contributed by atoms with van der Waals surface area (Å²) in [5.41, 5.74) is 3.64. The van der Waals surface area contributed by atoms with Gasteiger partial charge < -0.3 is 9.30 Å². The maximum absolute atomic E-state index is 13.0. The fraction of sp³-hybridized carbons (Fsp3) is 0.263. The van der Waals surface area contributed by atoms with E-state index in [-0.39, 0.29) is 11.9 Å². The van der Waals surface area contributed by atoms with Gasteiger partial charge in [-0.3, -0.25) is 4.79 Å². The Bertz CT molecular complexity index is 853. The van der Waals surface area contributed by atoms with Gasteiger partial charge in [-0.05, 0) is 37.5 Å². The Morgan fingerprint density at radius 2 is 1.96 bits per heavy atom. The summed E-state index contributed by atoms with van der Waals surface area (Å²) in [5, 5.41) is 0. The Labute approximate surface area is 135 Å². The quantitative estimate of drug-likeness (QED) is 0.725. The number of pyridine rings is 1. The highest BCUT2D eigenvalue weighted by molar-refractivity contribution is 5.93. The number of aromatic nitrogens is 2. The number of carbonyl (C=O) groups is 1. The number of likely N-dealkylation sites (tertiary alicyclic amines) is 1. The monoisotopic (exact) mass is 305 g/mol. The lowest BCUT2D eigenvalue weighted by Crippen LogP contribution is -2.30. The van der Waals surface area contributed by atoms with Crippen molar-refractivity contribution in [1.29, 1.82) is 0 Å². The van der Waals surface area contributed by atoms with E-state index >= 15 is 0 Å². The van der Waals surface area contributed by atoms with Gasteiger partial charge in [0, 0.05) is 18.4 Å². The SMILES string of the molecule is Cc1cccc2nc(C(=O)N3CCCC3c3ccccc3)cn12. The van der Waals surface area contributed by atoms with Crippen LogP contribution in [0.2, 0.25) is 0 Å². The van der Waals surface area contributed by atoms with Gasteiger partial charge in [0.1, 0.15) is 11.3 Å². The molecule has 1 saturated heterocycles. The fourth-order valence-corrected chi connectivity index (χ4v) is 3.43. The molecule has 1 aliphatic heterocycles. The molecule has 0 radical (unpaired) electrons. The maximum Gasteiger partial charge on any atom is 0.274 e. The highest BCUT2D eigenvalue weighted by Gasteiger charge is 2.31. The van der Waals surface area contributed by atoms with Crippen LogP contribution in [0.15, 0.2) is 54.7 Å². The van der Waals surface area contributed by atoms with Crippen LogP contribution in [-0.4, -0.2) is 26.7 Å². The van der Waals surface area contributed by atoms with Crippen molar-refractivity contribution in [3.05, 3.63) is 71.7 Å². The maximum atomic E-state index is 13.0. The lowest BCUT2D eigenvalue weighted by Gasteiger charge is -2.24. The van der Waals surface area contributed by atoms with E-state index < -0.39 is 0 Å². The Morgan fingerprint density at radius 1 is 1.13 bits per heavy atom. The second kappa shape index (κ2) is 5.54. The Kier molecular flexibility index (Phi) is 3.37.